The van der Waals surface area contributed by atoms with Crippen molar-refractivity contribution in [1.82, 2.24) is 0 Å². The Hall–Kier alpha value is -1.04. The second kappa shape index (κ2) is 6.66. The summed E-state index contributed by atoms with van der Waals surface area (Å²) in [6.45, 7) is 4.55. The van der Waals surface area contributed by atoms with Gasteiger partial charge in [0.1, 0.15) is 5.97 Å². The van der Waals surface area contributed by atoms with Crippen molar-refractivity contribution in [3.63, 3.8) is 0 Å². The Kier molecular flexibility index (Phi) is 7.51. The van der Waals surface area contributed by atoms with Gasteiger partial charge in [0.05, 0.1) is 13.6 Å². The summed E-state index contributed by atoms with van der Waals surface area (Å²) in [5, 5.41) is 10.8. The monoisotopic (exact) mass is 185 g/mol. The first-order valence-corrected chi connectivity index (χ1v) is 3.03. The van der Waals surface area contributed by atoms with Crippen LogP contribution in [0.5, 0.6) is 0 Å². The van der Waals surface area contributed by atoms with Crippen LogP contribution >= 0.6 is 0 Å². The molecule has 0 aliphatic rings. The zero-order chi connectivity index (χ0) is 10.2. The predicted molar refractivity (Wildman–Crippen MR) is 34.0 cm³/mol. The normalized spacial score (nSPS) is 9.67. The van der Waals surface area contributed by atoms with Gasteiger partial charge >= 0.3 is 6.18 Å². The van der Waals surface area contributed by atoms with Crippen molar-refractivity contribution in [3.8, 4) is 0 Å². The summed E-state index contributed by atoms with van der Waals surface area (Å²) in [6.07, 6.45) is -3.32. The Balaban J connectivity index is 0. The van der Waals surface area contributed by atoms with Crippen molar-refractivity contribution in [2.75, 3.05) is 13.6 Å². The molecule has 0 saturated heterocycles. The zero-order valence-electron chi connectivity index (χ0n) is 6.52. The number of hydrogen-bond acceptors (Lipinski definition) is 2. The van der Waals surface area contributed by atoms with E-state index in [-0.39, 0.29) is 0 Å². The number of halogens is 3. The fourth-order valence-corrected chi connectivity index (χ4v) is 0.167. The number of carbonyl (C=O) groups excluding carboxylic acids is 1. The van der Waals surface area contributed by atoms with E-state index in [0.29, 0.717) is 0 Å². The zero-order valence-corrected chi connectivity index (χ0v) is 6.52. The van der Waals surface area contributed by atoms with Crippen LogP contribution in [0.25, 0.3) is 0 Å². The fraction of sp³-hybridized carbons (Fsp3) is 0.500. The molecule has 0 unspecified atom stereocenters. The van der Waals surface area contributed by atoms with Crippen molar-refractivity contribution < 1.29 is 28.4 Å². The molecule has 0 heterocycles. The number of aliphatic carboxylic acids is 1. The number of carboxylic acid groups (broad SMARTS) is 1. The molecule has 0 spiro atoms. The van der Waals surface area contributed by atoms with Gasteiger partial charge in [0.15, 0.2) is 0 Å². The largest absolute Gasteiger partial charge is 0.542 e. The van der Waals surface area contributed by atoms with Gasteiger partial charge < -0.3 is 15.2 Å². The third-order valence-electron chi connectivity index (χ3n) is 0.634. The molecule has 0 rings (SSSR count). The van der Waals surface area contributed by atoms with E-state index in [2.05, 4.69) is 11.9 Å². The lowest BCUT2D eigenvalue weighted by molar-refractivity contribution is -0.617. The number of rotatable bonds is 2. The quantitative estimate of drug-likeness (QED) is 0.541. The van der Waals surface area contributed by atoms with Crippen molar-refractivity contribution in [2.45, 2.75) is 6.18 Å². The average molecular weight is 185 g/mol. The van der Waals surface area contributed by atoms with E-state index in [1.807, 2.05) is 13.1 Å². The van der Waals surface area contributed by atoms with Gasteiger partial charge in [0.2, 0.25) is 0 Å². The lowest BCUT2D eigenvalue weighted by atomic mass is 10.6. The third-order valence-corrected chi connectivity index (χ3v) is 0.634. The Morgan fingerprint density at radius 2 is 2.00 bits per heavy atom. The van der Waals surface area contributed by atoms with Gasteiger partial charge in [-0.1, -0.05) is 6.58 Å². The van der Waals surface area contributed by atoms with E-state index in [0.717, 1.165) is 6.54 Å². The Morgan fingerprint density at radius 1 is 1.67 bits per heavy atom. The summed E-state index contributed by atoms with van der Waals surface area (Å²) in [5.41, 5.74) is 0. The highest BCUT2D eigenvalue weighted by molar-refractivity contribution is 5.70. The maximum Gasteiger partial charge on any atom is 0.430 e. The summed E-state index contributed by atoms with van der Waals surface area (Å²) >= 11 is 0. The van der Waals surface area contributed by atoms with Gasteiger partial charge in [-0.25, -0.2) is 0 Å². The molecule has 0 aromatic carbocycles. The van der Waals surface area contributed by atoms with Crippen molar-refractivity contribution in [2.24, 2.45) is 0 Å². The summed E-state index contributed by atoms with van der Waals surface area (Å²) in [6, 6.07) is 0. The van der Waals surface area contributed by atoms with E-state index in [9.17, 15) is 13.2 Å². The van der Waals surface area contributed by atoms with Crippen molar-refractivity contribution >= 4 is 5.97 Å². The topological polar surface area (TPSA) is 56.7 Å². The molecule has 0 aliphatic heterocycles. The van der Waals surface area contributed by atoms with Crippen LogP contribution in [0.2, 0.25) is 0 Å². The number of quaternary nitrogens is 1. The van der Waals surface area contributed by atoms with Gasteiger partial charge in [0.25, 0.3) is 0 Å². The number of carboxylic acids is 1. The highest BCUT2D eigenvalue weighted by atomic mass is 19.4. The summed E-state index contributed by atoms with van der Waals surface area (Å²) in [5.74, 6) is -3.01. The first-order chi connectivity index (χ1) is 5.36. The molecule has 72 valence electrons. The minimum atomic E-state index is -5.19. The second-order valence-corrected chi connectivity index (χ2v) is 1.72. The fourth-order valence-electron chi connectivity index (χ4n) is 0.167. The predicted octanol–water partition coefficient (Wildman–Crippen LogP) is -1.34. The van der Waals surface area contributed by atoms with E-state index in [1.165, 1.54) is 0 Å². The van der Waals surface area contributed by atoms with Crippen molar-refractivity contribution in [1.29, 1.82) is 0 Å². The Bertz CT molecular complexity index is 144. The number of carbonyl (C=O) groups is 1. The van der Waals surface area contributed by atoms with Crippen LogP contribution < -0.4 is 10.4 Å². The van der Waals surface area contributed by atoms with Gasteiger partial charge in [0, 0.05) is 0 Å². The molecule has 12 heavy (non-hydrogen) atoms. The number of alkyl halides is 3. The molecule has 2 N–H and O–H groups in total. The van der Waals surface area contributed by atoms with Crippen LogP contribution in [0.3, 0.4) is 0 Å². The second-order valence-electron chi connectivity index (χ2n) is 1.72. The van der Waals surface area contributed by atoms with Gasteiger partial charge in [-0.05, 0) is 6.08 Å². The van der Waals surface area contributed by atoms with Crippen LogP contribution in [0, 0.1) is 0 Å². The molecule has 0 aromatic heterocycles. The van der Waals surface area contributed by atoms with Gasteiger partial charge in [-0.15, -0.1) is 0 Å². The maximum atomic E-state index is 10.5. The lowest BCUT2D eigenvalue weighted by Gasteiger charge is -2.03. The number of likely N-dealkylation sites (N-methyl/N-ethyl adjacent to an activating group) is 1. The Morgan fingerprint density at radius 3 is 2.00 bits per heavy atom. The first kappa shape index (κ1) is 13.5. The smallest absolute Gasteiger partial charge is 0.430 e. The van der Waals surface area contributed by atoms with Crippen molar-refractivity contribution in [3.05, 3.63) is 12.7 Å². The average Bonchev–Trinajstić information content (AvgIpc) is 1.88. The standard InChI is InChI=1S/C4H9N.C2HF3O2/c1-3-4-5-2;3-2(4,5)1(6)7/h3,5H,1,4H2,2H3;(H,6,7). The van der Waals surface area contributed by atoms with Crippen LogP contribution in [-0.4, -0.2) is 25.7 Å². The van der Waals surface area contributed by atoms with E-state index < -0.39 is 12.1 Å². The molecule has 0 radical (unpaired) electrons. The molecular weight excluding hydrogens is 175 g/mol. The van der Waals surface area contributed by atoms with Crippen LogP contribution in [0.4, 0.5) is 13.2 Å². The molecular formula is C6H10F3NO2. The molecule has 0 atom stereocenters. The lowest BCUT2D eigenvalue weighted by Crippen LogP contribution is -2.79. The minimum Gasteiger partial charge on any atom is -0.542 e. The first-order valence-electron chi connectivity index (χ1n) is 3.03. The molecule has 0 aromatic rings. The summed E-state index contributed by atoms with van der Waals surface area (Å²) < 4.78 is 31.5. The highest BCUT2D eigenvalue weighted by Crippen LogP contribution is 2.11. The van der Waals surface area contributed by atoms with Crippen LogP contribution in [-0.2, 0) is 4.79 Å². The SMILES string of the molecule is C=CC[NH2+]C.O=C([O-])C(F)(F)F. The van der Waals surface area contributed by atoms with E-state index >= 15 is 0 Å². The van der Waals surface area contributed by atoms with Crippen LogP contribution in [0.1, 0.15) is 0 Å². The molecule has 6 heteroatoms. The van der Waals surface area contributed by atoms with E-state index in [1.54, 1.807) is 0 Å². The molecule has 0 saturated carbocycles. The highest BCUT2D eigenvalue weighted by Gasteiger charge is 2.28. The molecule has 0 amide bonds. The molecule has 0 fully saturated rings. The maximum absolute atomic E-state index is 10.5. The third kappa shape index (κ3) is 11.7. The van der Waals surface area contributed by atoms with Crippen LogP contribution in [0.15, 0.2) is 12.7 Å². The summed E-state index contributed by atoms with van der Waals surface area (Å²) in [4.78, 5) is 8.78. The minimum absolute atomic E-state index is 1.03. The van der Waals surface area contributed by atoms with Gasteiger partial charge in [-0.3, -0.25) is 0 Å². The molecule has 0 bridgehead atoms. The Labute approximate surface area is 67.9 Å². The summed E-state index contributed by atoms with van der Waals surface area (Å²) in [7, 11) is 2.02. The number of hydrogen-bond donors (Lipinski definition) is 1. The number of nitrogens with two attached hydrogens (primary N) is 1. The molecule has 3 nitrogen and oxygen atoms in total. The van der Waals surface area contributed by atoms with E-state index in [4.69, 9.17) is 9.90 Å². The van der Waals surface area contributed by atoms with Gasteiger partial charge in [-0.2, -0.15) is 13.2 Å². The molecule has 0 aliphatic carbocycles.